The number of urea groups is 1. The topological polar surface area (TPSA) is 118 Å². The van der Waals surface area contributed by atoms with E-state index in [2.05, 4.69) is 40.2 Å². The highest BCUT2D eigenvalue weighted by Crippen LogP contribution is 2.16. The van der Waals surface area contributed by atoms with Crippen molar-refractivity contribution in [2.24, 2.45) is 0 Å². The van der Waals surface area contributed by atoms with Crippen molar-refractivity contribution in [3.8, 4) is 0 Å². The van der Waals surface area contributed by atoms with E-state index in [1.807, 2.05) is 16.8 Å². The van der Waals surface area contributed by atoms with Crippen molar-refractivity contribution in [2.45, 2.75) is 57.7 Å². The molecule has 10 nitrogen and oxygen atoms in total. The molecule has 2 amide bonds. The summed E-state index contributed by atoms with van der Waals surface area (Å²) in [6, 6.07) is 2.49. The molecule has 2 N–H and O–H groups in total. The van der Waals surface area contributed by atoms with E-state index in [-0.39, 0.29) is 12.1 Å². The number of rotatable bonds is 8. The van der Waals surface area contributed by atoms with E-state index in [1.54, 1.807) is 0 Å². The standard InChI is InChI=1S/C20H34N6O4SSi/c1-31(28,29)26-9-5-6-16(7-11-26)22-20(27)24-18-14-21-19-17(23-18)8-10-25(19)15-30-12-13-32(2,3)4/h8,10,14,16H,5-7,9,11-13,15H2,1-4H3,(H2,22,23,24,27). The summed E-state index contributed by atoms with van der Waals surface area (Å²) in [5.74, 6) is 0.360. The Morgan fingerprint density at radius 2 is 2.06 bits per heavy atom. The average molecular weight is 483 g/mol. The van der Waals surface area contributed by atoms with Crippen LogP contribution in [-0.2, 0) is 21.5 Å². The minimum absolute atomic E-state index is 0.0900. The molecule has 3 heterocycles. The van der Waals surface area contributed by atoms with Crippen LogP contribution in [0.25, 0.3) is 11.2 Å². The van der Waals surface area contributed by atoms with Crippen molar-refractivity contribution in [1.29, 1.82) is 0 Å². The van der Waals surface area contributed by atoms with Crippen LogP contribution in [0.1, 0.15) is 19.3 Å². The second-order valence-electron chi connectivity index (χ2n) is 9.49. The molecule has 1 atom stereocenters. The van der Waals surface area contributed by atoms with Crippen LogP contribution in [-0.4, -0.2) is 73.4 Å². The van der Waals surface area contributed by atoms with Gasteiger partial charge in [-0.1, -0.05) is 19.6 Å². The fourth-order valence-corrected chi connectivity index (χ4v) is 5.21. The molecule has 0 aromatic carbocycles. The number of ether oxygens (including phenoxy) is 1. The number of hydrogen-bond acceptors (Lipinski definition) is 6. The van der Waals surface area contributed by atoms with E-state index in [4.69, 9.17) is 4.74 Å². The molecule has 0 aliphatic carbocycles. The van der Waals surface area contributed by atoms with Crippen molar-refractivity contribution in [2.75, 3.05) is 31.3 Å². The van der Waals surface area contributed by atoms with E-state index in [1.165, 1.54) is 16.8 Å². The normalized spacial score (nSPS) is 18.4. The first-order valence-electron chi connectivity index (χ1n) is 10.9. The Morgan fingerprint density at radius 1 is 1.28 bits per heavy atom. The Morgan fingerprint density at radius 3 is 2.78 bits per heavy atom. The number of sulfonamides is 1. The predicted molar refractivity (Wildman–Crippen MR) is 128 cm³/mol. The maximum atomic E-state index is 12.4. The summed E-state index contributed by atoms with van der Waals surface area (Å²) in [6.45, 7) is 8.99. The summed E-state index contributed by atoms with van der Waals surface area (Å²) < 4.78 is 32.6. The van der Waals surface area contributed by atoms with Gasteiger partial charge in [0, 0.05) is 40.0 Å². The lowest BCUT2D eigenvalue weighted by atomic mass is 10.1. The molecule has 1 aliphatic heterocycles. The molecule has 2 aromatic rings. The van der Waals surface area contributed by atoms with Gasteiger partial charge in [0.2, 0.25) is 10.0 Å². The van der Waals surface area contributed by atoms with E-state index in [0.717, 1.165) is 19.1 Å². The molecule has 0 radical (unpaired) electrons. The number of carbonyl (C=O) groups excluding carboxylic acids is 1. The molecule has 32 heavy (non-hydrogen) atoms. The molecule has 0 saturated carbocycles. The van der Waals surface area contributed by atoms with Crippen LogP contribution in [0, 0.1) is 0 Å². The number of hydrogen-bond donors (Lipinski definition) is 2. The number of aromatic nitrogens is 3. The highest BCUT2D eigenvalue weighted by Gasteiger charge is 2.23. The summed E-state index contributed by atoms with van der Waals surface area (Å²) in [7, 11) is -4.33. The average Bonchev–Trinajstić information content (AvgIpc) is 2.91. The highest BCUT2D eigenvalue weighted by atomic mass is 32.2. The number of nitrogens with zero attached hydrogens (tertiary/aromatic N) is 4. The van der Waals surface area contributed by atoms with Crippen molar-refractivity contribution in [3.63, 3.8) is 0 Å². The number of amides is 2. The second-order valence-corrected chi connectivity index (χ2v) is 17.1. The molecule has 1 unspecified atom stereocenters. The zero-order valence-corrected chi connectivity index (χ0v) is 21.1. The lowest BCUT2D eigenvalue weighted by Gasteiger charge is -2.18. The Labute approximate surface area is 190 Å². The third kappa shape index (κ3) is 7.25. The van der Waals surface area contributed by atoms with Gasteiger partial charge in [-0.15, -0.1) is 0 Å². The monoisotopic (exact) mass is 482 g/mol. The van der Waals surface area contributed by atoms with E-state index in [9.17, 15) is 13.2 Å². The lowest BCUT2D eigenvalue weighted by Crippen LogP contribution is -2.39. The van der Waals surface area contributed by atoms with Crippen LogP contribution in [0.4, 0.5) is 10.6 Å². The number of carbonyl (C=O) groups is 1. The first kappa shape index (κ1) is 24.6. The minimum atomic E-state index is -3.21. The molecule has 0 spiro atoms. The SMILES string of the molecule is C[Si](C)(C)CCOCn1ccc2nc(NC(=O)NC3CCCN(S(C)(=O)=O)CC3)cnc21. The summed E-state index contributed by atoms with van der Waals surface area (Å²) in [4.78, 5) is 21.3. The van der Waals surface area contributed by atoms with Crippen LogP contribution in [0.15, 0.2) is 18.5 Å². The smallest absolute Gasteiger partial charge is 0.320 e. The van der Waals surface area contributed by atoms with Crippen LogP contribution < -0.4 is 10.6 Å². The van der Waals surface area contributed by atoms with Crippen LogP contribution >= 0.6 is 0 Å². The van der Waals surface area contributed by atoms with Gasteiger partial charge in [0.1, 0.15) is 12.2 Å². The molecular weight excluding hydrogens is 448 g/mol. The van der Waals surface area contributed by atoms with Gasteiger partial charge in [-0.25, -0.2) is 27.5 Å². The zero-order valence-electron chi connectivity index (χ0n) is 19.3. The summed E-state index contributed by atoms with van der Waals surface area (Å²) in [5.41, 5.74) is 1.38. The van der Waals surface area contributed by atoms with E-state index in [0.29, 0.717) is 49.6 Å². The van der Waals surface area contributed by atoms with Crippen molar-refractivity contribution < 1.29 is 17.9 Å². The molecular formula is C20H34N6O4SSi. The first-order valence-corrected chi connectivity index (χ1v) is 16.5. The molecule has 1 saturated heterocycles. The van der Waals surface area contributed by atoms with Crippen LogP contribution in [0.2, 0.25) is 25.7 Å². The molecule has 12 heteroatoms. The Kier molecular flexibility index (Phi) is 7.91. The van der Waals surface area contributed by atoms with Crippen LogP contribution in [0.5, 0.6) is 0 Å². The quantitative estimate of drug-likeness (QED) is 0.441. The van der Waals surface area contributed by atoms with Gasteiger partial charge in [0.25, 0.3) is 0 Å². The fourth-order valence-electron chi connectivity index (χ4n) is 3.55. The van der Waals surface area contributed by atoms with Gasteiger partial charge in [-0.2, -0.15) is 0 Å². The molecule has 1 aliphatic rings. The summed E-state index contributed by atoms with van der Waals surface area (Å²) in [6.07, 6.45) is 6.63. The lowest BCUT2D eigenvalue weighted by molar-refractivity contribution is 0.0899. The van der Waals surface area contributed by atoms with Crippen LogP contribution in [0.3, 0.4) is 0 Å². The van der Waals surface area contributed by atoms with Gasteiger partial charge in [-0.3, -0.25) is 5.32 Å². The number of nitrogens with one attached hydrogen (secondary N) is 2. The van der Waals surface area contributed by atoms with Gasteiger partial charge in [-0.05, 0) is 31.4 Å². The van der Waals surface area contributed by atoms with Gasteiger partial charge >= 0.3 is 6.03 Å². The molecule has 178 valence electrons. The zero-order chi connectivity index (χ0) is 23.4. The van der Waals surface area contributed by atoms with Gasteiger partial charge in [0.15, 0.2) is 11.5 Å². The van der Waals surface area contributed by atoms with Crippen molar-refractivity contribution in [3.05, 3.63) is 18.5 Å². The van der Waals surface area contributed by atoms with Crippen molar-refractivity contribution in [1.82, 2.24) is 24.2 Å². The molecule has 0 bridgehead atoms. The third-order valence-electron chi connectivity index (χ3n) is 5.42. The maximum absolute atomic E-state index is 12.4. The highest BCUT2D eigenvalue weighted by molar-refractivity contribution is 7.88. The summed E-state index contributed by atoms with van der Waals surface area (Å²) in [5, 5.41) is 5.65. The van der Waals surface area contributed by atoms with Gasteiger partial charge in [0.05, 0.1) is 12.5 Å². The fraction of sp³-hybridized carbons (Fsp3) is 0.650. The van der Waals surface area contributed by atoms with Gasteiger partial charge < -0.3 is 14.6 Å². The van der Waals surface area contributed by atoms with E-state index >= 15 is 0 Å². The Hall–Kier alpha value is -2.02. The number of fused-ring (bicyclic) bond motifs is 1. The van der Waals surface area contributed by atoms with Crippen molar-refractivity contribution >= 4 is 41.1 Å². The minimum Gasteiger partial charge on any atom is -0.361 e. The first-order chi connectivity index (χ1) is 15.0. The van der Waals surface area contributed by atoms with E-state index < -0.39 is 18.1 Å². The summed E-state index contributed by atoms with van der Waals surface area (Å²) >= 11 is 0. The molecule has 3 rings (SSSR count). The largest absolute Gasteiger partial charge is 0.361 e. The molecule has 2 aromatic heterocycles. The third-order valence-corrected chi connectivity index (χ3v) is 8.43. The Balaban J connectivity index is 1.52. The number of anilines is 1. The second kappa shape index (κ2) is 10.3. The molecule has 1 fully saturated rings. The maximum Gasteiger partial charge on any atom is 0.320 e. The predicted octanol–water partition coefficient (Wildman–Crippen LogP) is 2.68. The Bertz CT molecular complexity index is 1040.